The molecule has 0 spiro atoms. The summed E-state index contributed by atoms with van der Waals surface area (Å²) in [5, 5.41) is 3.01. The third kappa shape index (κ3) is 8.45. The number of hydrogen-bond donors (Lipinski definition) is 1. The number of piperazine rings is 1. The van der Waals surface area contributed by atoms with E-state index in [2.05, 4.69) is 15.0 Å². The summed E-state index contributed by atoms with van der Waals surface area (Å²) in [6, 6.07) is 6.56. The molecule has 0 bridgehead atoms. The van der Waals surface area contributed by atoms with Gasteiger partial charge in [-0.3, -0.25) is 14.4 Å². The Balaban J connectivity index is 1.78. The molecule has 3 rings (SSSR count). The van der Waals surface area contributed by atoms with Gasteiger partial charge in [0.05, 0.1) is 32.3 Å². The van der Waals surface area contributed by atoms with E-state index in [0.29, 0.717) is 10.9 Å². The molecule has 218 valence electrons. The Morgan fingerprint density at radius 3 is 2.40 bits per heavy atom. The fourth-order valence-corrected chi connectivity index (χ4v) is 4.05. The monoisotopic (exact) mass is 568 g/mol. The van der Waals surface area contributed by atoms with Gasteiger partial charge in [0.25, 0.3) is 5.91 Å². The average molecular weight is 569 g/mol. The van der Waals surface area contributed by atoms with Crippen LogP contribution in [0.2, 0.25) is 0 Å². The molecule has 3 amide bonds. The van der Waals surface area contributed by atoms with Crippen molar-refractivity contribution in [1.29, 1.82) is 0 Å². The second kappa shape index (κ2) is 13.8. The predicted molar refractivity (Wildman–Crippen MR) is 136 cm³/mol. The van der Waals surface area contributed by atoms with Crippen molar-refractivity contribution in [3.05, 3.63) is 36.0 Å². The van der Waals surface area contributed by atoms with Gasteiger partial charge in [-0.15, -0.1) is 0 Å². The van der Waals surface area contributed by atoms with Crippen LogP contribution >= 0.6 is 0 Å². The van der Waals surface area contributed by atoms with Crippen molar-refractivity contribution in [2.45, 2.75) is 38.4 Å². The second-order valence-electron chi connectivity index (χ2n) is 8.89. The molecule has 1 aromatic carbocycles. The number of ether oxygens (including phenoxy) is 3. The molecule has 2 aromatic rings. The van der Waals surface area contributed by atoms with Crippen LogP contribution in [0.4, 0.5) is 18.0 Å². The Morgan fingerprint density at radius 2 is 1.75 bits per heavy atom. The van der Waals surface area contributed by atoms with Crippen molar-refractivity contribution in [3.8, 4) is 5.75 Å². The number of amides is 3. The van der Waals surface area contributed by atoms with Gasteiger partial charge in [-0.2, -0.15) is 13.2 Å². The number of carbonyl (C=O) groups is 4. The van der Waals surface area contributed by atoms with Gasteiger partial charge in [-0.1, -0.05) is 12.1 Å². The summed E-state index contributed by atoms with van der Waals surface area (Å²) in [6.45, 7) is 2.09. The number of pyridine rings is 1. The smallest absolute Gasteiger partial charge is 0.409 e. The normalized spacial score (nSPS) is 14.4. The van der Waals surface area contributed by atoms with E-state index >= 15 is 0 Å². The SMILES string of the molecule is CCOC(=O)N1CCN(C(=O)C(CCC(=O)OC)NC(=O)c2cc(OCCC(F)(F)F)c3ccccc3n2)CC1. The van der Waals surface area contributed by atoms with E-state index in [1.165, 1.54) is 23.0 Å². The van der Waals surface area contributed by atoms with Gasteiger partial charge in [0.2, 0.25) is 5.91 Å². The lowest BCUT2D eigenvalue weighted by molar-refractivity contribution is -0.142. The molecule has 1 unspecified atom stereocenters. The molecule has 1 aliphatic rings. The zero-order valence-electron chi connectivity index (χ0n) is 22.2. The van der Waals surface area contributed by atoms with Crippen LogP contribution in [0.3, 0.4) is 0 Å². The third-order valence-corrected chi connectivity index (χ3v) is 6.14. The minimum absolute atomic E-state index is 0.0347. The molecule has 1 saturated heterocycles. The summed E-state index contributed by atoms with van der Waals surface area (Å²) in [7, 11) is 1.20. The first-order valence-electron chi connectivity index (χ1n) is 12.7. The molecule has 0 aliphatic carbocycles. The lowest BCUT2D eigenvalue weighted by Gasteiger charge is -2.36. The third-order valence-electron chi connectivity index (χ3n) is 6.14. The van der Waals surface area contributed by atoms with Crippen LogP contribution in [0.5, 0.6) is 5.75 Å². The molecular formula is C26H31F3N4O7. The zero-order chi connectivity index (χ0) is 29.3. The van der Waals surface area contributed by atoms with E-state index in [0.717, 1.165) is 0 Å². The van der Waals surface area contributed by atoms with Crippen molar-refractivity contribution in [3.63, 3.8) is 0 Å². The topological polar surface area (TPSA) is 127 Å². The first-order valence-corrected chi connectivity index (χ1v) is 12.7. The van der Waals surface area contributed by atoms with Gasteiger partial charge < -0.3 is 29.3 Å². The highest BCUT2D eigenvalue weighted by Crippen LogP contribution is 2.27. The molecule has 1 aromatic heterocycles. The summed E-state index contributed by atoms with van der Waals surface area (Å²) < 4.78 is 53.0. The van der Waals surface area contributed by atoms with Gasteiger partial charge in [-0.05, 0) is 25.5 Å². The van der Waals surface area contributed by atoms with Crippen LogP contribution in [-0.4, -0.2) is 97.4 Å². The highest BCUT2D eigenvalue weighted by molar-refractivity contribution is 5.99. The molecule has 0 saturated carbocycles. The zero-order valence-corrected chi connectivity index (χ0v) is 22.2. The summed E-state index contributed by atoms with van der Waals surface area (Å²) in [6.07, 6.45) is -6.32. The first kappa shape index (κ1) is 30.4. The number of alkyl halides is 3. The fraction of sp³-hybridized carbons (Fsp3) is 0.500. The second-order valence-corrected chi connectivity index (χ2v) is 8.89. The van der Waals surface area contributed by atoms with Crippen LogP contribution in [0.15, 0.2) is 30.3 Å². The predicted octanol–water partition coefficient (Wildman–Crippen LogP) is 2.92. The minimum Gasteiger partial charge on any atom is -0.492 e. The van der Waals surface area contributed by atoms with Gasteiger partial charge in [0, 0.05) is 44.1 Å². The quantitative estimate of drug-likeness (QED) is 0.434. The van der Waals surface area contributed by atoms with Crippen LogP contribution < -0.4 is 10.1 Å². The number of rotatable bonds is 10. The van der Waals surface area contributed by atoms with Crippen molar-refractivity contribution in [2.24, 2.45) is 0 Å². The molecule has 11 nitrogen and oxygen atoms in total. The number of carbonyl (C=O) groups excluding carboxylic acids is 4. The summed E-state index contributed by atoms with van der Waals surface area (Å²) in [5.74, 6) is -1.79. The maximum absolute atomic E-state index is 13.4. The average Bonchev–Trinajstić information content (AvgIpc) is 2.93. The maximum Gasteiger partial charge on any atom is 0.409 e. The number of esters is 1. The molecule has 1 fully saturated rings. The highest BCUT2D eigenvalue weighted by atomic mass is 19.4. The molecule has 14 heteroatoms. The number of benzene rings is 1. The fourth-order valence-electron chi connectivity index (χ4n) is 4.05. The summed E-state index contributed by atoms with van der Waals surface area (Å²) in [4.78, 5) is 57.6. The molecule has 1 N–H and O–H groups in total. The highest BCUT2D eigenvalue weighted by Gasteiger charge is 2.32. The Bertz CT molecular complexity index is 1220. The Kier molecular flexibility index (Phi) is 10.5. The Labute approximate surface area is 228 Å². The molecule has 1 atom stereocenters. The van der Waals surface area contributed by atoms with Crippen LogP contribution in [0.1, 0.15) is 36.7 Å². The Morgan fingerprint density at radius 1 is 1.07 bits per heavy atom. The van der Waals surface area contributed by atoms with E-state index in [-0.39, 0.29) is 57.1 Å². The summed E-state index contributed by atoms with van der Waals surface area (Å²) in [5.41, 5.74) is 0.133. The lowest BCUT2D eigenvalue weighted by Crippen LogP contribution is -2.56. The number of hydrogen-bond acceptors (Lipinski definition) is 8. The molecular weight excluding hydrogens is 537 g/mol. The largest absolute Gasteiger partial charge is 0.492 e. The van der Waals surface area contributed by atoms with Crippen molar-refractivity contribution < 1.29 is 46.6 Å². The number of halogens is 3. The molecule has 1 aliphatic heterocycles. The standard InChI is InChI=1S/C26H31F3N4O7/c1-3-39-25(37)33-13-11-32(12-14-33)24(36)19(8-9-22(34)38-2)31-23(35)20-16-21(40-15-10-26(27,28)29)17-6-4-5-7-18(17)30-20/h4-7,16,19H,3,8-15H2,1-2H3,(H,31,35). The number of methoxy groups -OCH3 is 1. The number of nitrogens with one attached hydrogen (secondary N) is 1. The van der Waals surface area contributed by atoms with Crippen molar-refractivity contribution in [1.82, 2.24) is 20.1 Å². The minimum atomic E-state index is -4.42. The van der Waals surface area contributed by atoms with Gasteiger partial charge in [0.15, 0.2) is 0 Å². The number of nitrogens with zero attached hydrogens (tertiary/aromatic N) is 3. The van der Waals surface area contributed by atoms with E-state index < -0.39 is 49.1 Å². The van der Waals surface area contributed by atoms with Crippen LogP contribution in [-0.2, 0) is 19.1 Å². The molecule has 0 radical (unpaired) electrons. The lowest BCUT2D eigenvalue weighted by atomic mass is 10.1. The van der Waals surface area contributed by atoms with Crippen LogP contribution in [0.25, 0.3) is 10.9 Å². The van der Waals surface area contributed by atoms with Crippen molar-refractivity contribution in [2.75, 3.05) is 46.5 Å². The van der Waals surface area contributed by atoms with E-state index in [1.54, 1.807) is 31.2 Å². The van der Waals surface area contributed by atoms with E-state index in [9.17, 15) is 32.3 Å². The maximum atomic E-state index is 13.4. The van der Waals surface area contributed by atoms with Gasteiger partial charge in [0.1, 0.15) is 17.5 Å². The van der Waals surface area contributed by atoms with Crippen molar-refractivity contribution >= 4 is 34.8 Å². The Hall–Kier alpha value is -4.10. The van der Waals surface area contributed by atoms with Gasteiger partial charge >= 0.3 is 18.2 Å². The first-order chi connectivity index (χ1) is 19.0. The van der Waals surface area contributed by atoms with E-state index in [1.807, 2.05) is 0 Å². The number of para-hydroxylation sites is 1. The van der Waals surface area contributed by atoms with E-state index in [4.69, 9.17) is 9.47 Å². The number of aromatic nitrogens is 1. The summed E-state index contributed by atoms with van der Waals surface area (Å²) >= 11 is 0. The van der Waals surface area contributed by atoms with Gasteiger partial charge in [-0.25, -0.2) is 9.78 Å². The molecule has 2 heterocycles. The molecule has 40 heavy (non-hydrogen) atoms. The van der Waals surface area contributed by atoms with Crippen LogP contribution in [0, 0.1) is 0 Å². The number of fused-ring (bicyclic) bond motifs is 1.